The highest BCUT2D eigenvalue weighted by atomic mass is 35.5. The summed E-state index contributed by atoms with van der Waals surface area (Å²) in [6.07, 6.45) is 2.37. The molecule has 0 aromatic heterocycles. The van der Waals surface area contributed by atoms with Crippen molar-refractivity contribution in [2.45, 2.75) is 31.6 Å². The van der Waals surface area contributed by atoms with Gasteiger partial charge in [0.25, 0.3) is 0 Å². The van der Waals surface area contributed by atoms with Gasteiger partial charge >= 0.3 is 0 Å². The lowest BCUT2D eigenvalue weighted by atomic mass is 9.87. The molecule has 0 aliphatic heterocycles. The maximum atomic E-state index is 10.7. The molecule has 0 aliphatic rings. The van der Waals surface area contributed by atoms with E-state index in [0.29, 0.717) is 22.9 Å². The molecule has 130 valence electrons. The normalized spacial score (nSPS) is 11.9. The smallest absolute Gasteiger partial charge is 0.0444 e. The Morgan fingerprint density at radius 1 is 0.833 bits per heavy atom. The van der Waals surface area contributed by atoms with Crippen LogP contribution in [-0.4, -0.2) is 6.16 Å². The molecule has 0 aliphatic carbocycles. The van der Waals surface area contributed by atoms with Gasteiger partial charge in [-0.2, -0.15) is 0 Å². The summed E-state index contributed by atoms with van der Waals surface area (Å²) in [6.45, 7) is 0. The highest BCUT2D eigenvalue weighted by Gasteiger charge is 2.18. The molecule has 2 aromatic rings. The third-order valence-electron chi connectivity index (χ3n) is 3.99. The fourth-order valence-corrected chi connectivity index (χ4v) is 3.97. The number of benzene rings is 2. The summed E-state index contributed by atoms with van der Waals surface area (Å²) in [5, 5.41) is 1.37. The average molecular weight is 385 g/mol. The van der Waals surface area contributed by atoms with Crippen molar-refractivity contribution in [2.75, 3.05) is 6.16 Å². The van der Waals surface area contributed by atoms with Gasteiger partial charge in [0, 0.05) is 16.0 Å². The molecular formula is C18H19Cl2O3P-2. The Balaban J connectivity index is 2.12. The van der Waals surface area contributed by atoms with Gasteiger partial charge in [-0.15, -0.1) is 0 Å². The maximum Gasteiger partial charge on any atom is 0.0444 e. The standard InChI is InChI=1S/C18H21Cl2O3P/c19-17-11-5-3-9-15(17)14(16-10-4-6-12-18(16)20)8-2-1-7-13-24(21,22)23/h3-6,9-12,14H,1-2,7-8,13H2,(H2,21,22,23)/p-2. The zero-order valence-corrected chi connectivity index (χ0v) is 15.6. The molecule has 0 saturated heterocycles. The second-order valence-corrected chi connectivity index (χ2v) is 8.26. The second kappa shape index (κ2) is 9.03. The molecule has 0 radical (unpaired) electrons. The first-order chi connectivity index (χ1) is 11.4. The van der Waals surface area contributed by atoms with E-state index < -0.39 is 7.60 Å². The van der Waals surface area contributed by atoms with E-state index in [1.807, 2.05) is 48.5 Å². The van der Waals surface area contributed by atoms with Crippen LogP contribution in [0.2, 0.25) is 10.0 Å². The van der Waals surface area contributed by atoms with E-state index in [4.69, 9.17) is 23.2 Å². The number of hydrogen-bond acceptors (Lipinski definition) is 3. The summed E-state index contributed by atoms with van der Waals surface area (Å²) in [5.74, 6) is 0.0405. The summed E-state index contributed by atoms with van der Waals surface area (Å²) < 4.78 is 10.7. The van der Waals surface area contributed by atoms with E-state index in [2.05, 4.69) is 0 Å². The van der Waals surface area contributed by atoms with E-state index in [1.165, 1.54) is 0 Å². The van der Waals surface area contributed by atoms with Crippen LogP contribution >= 0.6 is 30.8 Å². The lowest BCUT2D eigenvalue weighted by Crippen LogP contribution is -2.16. The van der Waals surface area contributed by atoms with Crippen molar-refractivity contribution in [3.8, 4) is 0 Å². The Labute approximate surface area is 152 Å². The molecule has 2 rings (SSSR count). The summed E-state index contributed by atoms with van der Waals surface area (Å²) in [5.41, 5.74) is 2.01. The zero-order chi connectivity index (χ0) is 17.6. The molecule has 0 fully saturated rings. The van der Waals surface area contributed by atoms with Gasteiger partial charge < -0.3 is 14.4 Å². The Morgan fingerprint density at radius 2 is 1.33 bits per heavy atom. The van der Waals surface area contributed by atoms with Gasteiger partial charge in [0.2, 0.25) is 0 Å². The first-order valence-corrected chi connectivity index (χ1v) is 10.4. The molecule has 0 atom stereocenters. The average Bonchev–Trinajstić information content (AvgIpc) is 2.52. The van der Waals surface area contributed by atoms with Crippen molar-refractivity contribution in [1.29, 1.82) is 0 Å². The third-order valence-corrected chi connectivity index (χ3v) is 5.54. The van der Waals surface area contributed by atoms with Gasteiger partial charge in [0.05, 0.1) is 0 Å². The van der Waals surface area contributed by atoms with Crippen molar-refractivity contribution in [1.82, 2.24) is 0 Å². The van der Waals surface area contributed by atoms with Gasteiger partial charge in [0.1, 0.15) is 0 Å². The molecule has 0 spiro atoms. The molecule has 0 N–H and O–H groups in total. The first kappa shape index (κ1) is 19.5. The summed E-state index contributed by atoms with van der Waals surface area (Å²) in [6, 6.07) is 15.3. The fraction of sp³-hybridized carbons (Fsp3) is 0.333. The van der Waals surface area contributed by atoms with Crippen molar-refractivity contribution in [3.05, 3.63) is 69.7 Å². The number of hydrogen-bond donors (Lipinski definition) is 0. The number of rotatable bonds is 8. The predicted octanol–water partition coefficient (Wildman–Crippen LogP) is 4.60. The van der Waals surface area contributed by atoms with E-state index in [9.17, 15) is 14.4 Å². The molecule has 24 heavy (non-hydrogen) atoms. The summed E-state index contributed by atoms with van der Waals surface area (Å²) in [7, 11) is -4.40. The molecule has 3 nitrogen and oxygen atoms in total. The number of halogens is 2. The third kappa shape index (κ3) is 5.91. The first-order valence-electron chi connectivity index (χ1n) is 7.88. The molecular weight excluding hydrogens is 366 g/mol. The highest BCUT2D eigenvalue weighted by molar-refractivity contribution is 7.48. The minimum atomic E-state index is -4.40. The lowest BCUT2D eigenvalue weighted by Gasteiger charge is -2.29. The Hall–Kier alpha value is -0.830. The topological polar surface area (TPSA) is 63.2 Å². The molecule has 0 saturated carbocycles. The molecule has 6 heteroatoms. The van der Waals surface area contributed by atoms with E-state index >= 15 is 0 Å². The van der Waals surface area contributed by atoms with Crippen molar-refractivity contribution in [3.63, 3.8) is 0 Å². The van der Waals surface area contributed by atoms with Gasteiger partial charge in [-0.1, -0.05) is 80.0 Å². The molecule has 0 heterocycles. The minimum absolute atomic E-state index is 0.0405. The Morgan fingerprint density at radius 3 is 1.79 bits per heavy atom. The summed E-state index contributed by atoms with van der Waals surface area (Å²) in [4.78, 5) is 21.4. The molecule has 0 bridgehead atoms. The van der Waals surface area contributed by atoms with Crippen LogP contribution in [0.3, 0.4) is 0 Å². The highest BCUT2D eigenvalue weighted by Crippen LogP contribution is 2.37. The largest absolute Gasteiger partial charge is 0.811 e. The van der Waals surface area contributed by atoms with Gasteiger partial charge in [-0.05, 0) is 42.3 Å². The van der Waals surface area contributed by atoms with Gasteiger partial charge in [-0.25, -0.2) is 0 Å². The van der Waals surface area contributed by atoms with Crippen LogP contribution in [0.1, 0.15) is 42.7 Å². The van der Waals surface area contributed by atoms with Gasteiger partial charge in [-0.3, -0.25) is 0 Å². The van der Waals surface area contributed by atoms with E-state index in [-0.39, 0.29) is 12.1 Å². The van der Waals surface area contributed by atoms with E-state index in [1.54, 1.807) is 0 Å². The summed E-state index contributed by atoms with van der Waals surface area (Å²) >= 11 is 12.7. The Kier molecular flexibility index (Phi) is 7.34. The van der Waals surface area contributed by atoms with Crippen LogP contribution in [0, 0.1) is 0 Å². The molecule has 0 amide bonds. The SMILES string of the molecule is O=P([O-])([O-])CCCCCC(c1ccccc1Cl)c1ccccc1Cl. The molecule has 2 aromatic carbocycles. The fourth-order valence-electron chi connectivity index (χ4n) is 2.82. The number of unbranched alkanes of at least 4 members (excludes halogenated alkanes) is 2. The van der Waals surface area contributed by atoms with Crippen LogP contribution in [0.4, 0.5) is 0 Å². The second-order valence-electron chi connectivity index (χ2n) is 5.78. The van der Waals surface area contributed by atoms with Crippen LogP contribution in [-0.2, 0) is 4.57 Å². The quantitative estimate of drug-likeness (QED) is 0.493. The molecule has 0 unspecified atom stereocenters. The van der Waals surface area contributed by atoms with Crippen molar-refractivity contribution < 1.29 is 14.4 Å². The Bertz CT molecular complexity index is 669. The van der Waals surface area contributed by atoms with Gasteiger partial charge in [0.15, 0.2) is 0 Å². The van der Waals surface area contributed by atoms with Crippen molar-refractivity contribution in [2.24, 2.45) is 0 Å². The van der Waals surface area contributed by atoms with Crippen LogP contribution in [0.5, 0.6) is 0 Å². The van der Waals surface area contributed by atoms with Crippen LogP contribution < -0.4 is 9.79 Å². The predicted molar refractivity (Wildman–Crippen MR) is 95.7 cm³/mol. The lowest BCUT2D eigenvalue weighted by molar-refractivity contribution is -0.313. The van der Waals surface area contributed by atoms with Crippen molar-refractivity contribution >= 4 is 30.8 Å². The van der Waals surface area contributed by atoms with E-state index in [0.717, 1.165) is 24.0 Å². The zero-order valence-electron chi connectivity index (χ0n) is 13.2. The monoisotopic (exact) mass is 384 g/mol. The van der Waals surface area contributed by atoms with Crippen LogP contribution in [0.25, 0.3) is 0 Å². The maximum absolute atomic E-state index is 10.7. The van der Waals surface area contributed by atoms with Crippen LogP contribution in [0.15, 0.2) is 48.5 Å². The minimum Gasteiger partial charge on any atom is -0.811 e.